The number of rotatable bonds is 8. The monoisotopic (exact) mass is 325 g/mol. The lowest BCUT2D eigenvalue weighted by Crippen LogP contribution is -2.39. The van der Waals surface area contributed by atoms with Gasteiger partial charge in [0.05, 0.1) is 12.6 Å². The third kappa shape index (κ3) is 5.80. The molecule has 1 N–H and O–H groups in total. The molecule has 0 aliphatic rings. The number of likely N-dealkylation sites (N-methyl/N-ethyl adjacent to an activating group) is 2. The Morgan fingerprint density at radius 3 is 2.12 bits per heavy atom. The molecule has 0 radical (unpaired) electrons. The summed E-state index contributed by atoms with van der Waals surface area (Å²) in [4.78, 5) is 16.4. The molecule has 2 aromatic carbocycles. The number of carbonyl (C=O) groups excluding carboxylic acids is 1. The number of nitrogens with one attached hydrogen (secondary N) is 1. The van der Waals surface area contributed by atoms with Gasteiger partial charge in [0.15, 0.2) is 0 Å². The fraction of sp³-hybridized carbons (Fsp3) is 0.350. The van der Waals surface area contributed by atoms with E-state index in [4.69, 9.17) is 0 Å². The van der Waals surface area contributed by atoms with E-state index in [1.165, 1.54) is 11.1 Å². The van der Waals surface area contributed by atoms with Crippen molar-refractivity contribution < 1.29 is 4.79 Å². The van der Waals surface area contributed by atoms with Crippen molar-refractivity contribution in [2.24, 2.45) is 0 Å². The van der Waals surface area contributed by atoms with E-state index in [2.05, 4.69) is 34.5 Å². The van der Waals surface area contributed by atoms with Crippen LogP contribution in [0.1, 0.15) is 17.2 Å². The Morgan fingerprint density at radius 1 is 0.958 bits per heavy atom. The molecule has 1 unspecified atom stereocenters. The van der Waals surface area contributed by atoms with Crippen molar-refractivity contribution in [3.8, 4) is 0 Å². The lowest BCUT2D eigenvalue weighted by atomic mass is 10.1. The SMILES string of the molecule is CN(CC(=O)NCC(c1ccccc1)N(C)C)Cc1ccccc1. The molecule has 2 aromatic rings. The molecule has 4 heteroatoms. The Bertz CT molecular complexity index is 613. The van der Waals surface area contributed by atoms with Gasteiger partial charge in [-0.25, -0.2) is 0 Å². The van der Waals surface area contributed by atoms with Crippen LogP contribution in [0.3, 0.4) is 0 Å². The summed E-state index contributed by atoms with van der Waals surface area (Å²) in [6.07, 6.45) is 0. The van der Waals surface area contributed by atoms with Crippen LogP contribution in [-0.4, -0.2) is 49.9 Å². The van der Waals surface area contributed by atoms with Crippen LogP contribution in [0.2, 0.25) is 0 Å². The Morgan fingerprint density at radius 2 is 1.54 bits per heavy atom. The van der Waals surface area contributed by atoms with Gasteiger partial charge in [-0.05, 0) is 32.3 Å². The van der Waals surface area contributed by atoms with Crippen molar-refractivity contribution in [1.29, 1.82) is 0 Å². The van der Waals surface area contributed by atoms with Gasteiger partial charge in [0.1, 0.15) is 0 Å². The normalized spacial score (nSPS) is 12.4. The van der Waals surface area contributed by atoms with E-state index < -0.39 is 0 Å². The summed E-state index contributed by atoms with van der Waals surface area (Å²) in [6, 6.07) is 20.6. The number of amides is 1. The second kappa shape index (κ2) is 9.21. The minimum Gasteiger partial charge on any atom is -0.353 e. The lowest BCUT2D eigenvalue weighted by Gasteiger charge is -2.25. The highest BCUT2D eigenvalue weighted by Crippen LogP contribution is 2.16. The average Bonchev–Trinajstić information content (AvgIpc) is 2.56. The van der Waals surface area contributed by atoms with Gasteiger partial charge in [-0.2, -0.15) is 0 Å². The van der Waals surface area contributed by atoms with E-state index >= 15 is 0 Å². The number of carbonyl (C=O) groups is 1. The fourth-order valence-electron chi connectivity index (χ4n) is 2.74. The zero-order valence-electron chi connectivity index (χ0n) is 14.8. The van der Waals surface area contributed by atoms with Crippen LogP contribution in [0.4, 0.5) is 0 Å². The van der Waals surface area contributed by atoms with E-state index in [0.717, 1.165) is 6.54 Å². The molecule has 128 valence electrons. The Kier molecular flexibility index (Phi) is 6.97. The van der Waals surface area contributed by atoms with Crippen molar-refractivity contribution in [2.75, 3.05) is 34.2 Å². The molecule has 24 heavy (non-hydrogen) atoms. The van der Waals surface area contributed by atoms with Crippen molar-refractivity contribution in [2.45, 2.75) is 12.6 Å². The van der Waals surface area contributed by atoms with E-state index in [1.54, 1.807) is 0 Å². The first kappa shape index (κ1) is 18.2. The zero-order valence-corrected chi connectivity index (χ0v) is 14.8. The van der Waals surface area contributed by atoms with Crippen molar-refractivity contribution in [1.82, 2.24) is 15.1 Å². The summed E-state index contributed by atoms with van der Waals surface area (Å²) in [6.45, 7) is 1.77. The summed E-state index contributed by atoms with van der Waals surface area (Å²) < 4.78 is 0. The molecular weight excluding hydrogens is 298 g/mol. The highest BCUT2D eigenvalue weighted by molar-refractivity contribution is 5.78. The Balaban J connectivity index is 1.83. The van der Waals surface area contributed by atoms with Crippen LogP contribution in [0.15, 0.2) is 60.7 Å². The molecule has 1 atom stereocenters. The molecule has 0 aliphatic carbocycles. The third-order valence-electron chi connectivity index (χ3n) is 4.01. The van der Waals surface area contributed by atoms with Crippen LogP contribution < -0.4 is 5.32 Å². The van der Waals surface area contributed by atoms with Gasteiger partial charge in [-0.3, -0.25) is 9.69 Å². The van der Waals surface area contributed by atoms with E-state index in [0.29, 0.717) is 13.1 Å². The molecular formula is C20H27N3O. The molecule has 2 rings (SSSR count). The predicted molar refractivity (Wildman–Crippen MR) is 98.7 cm³/mol. The van der Waals surface area contributed by atoms with Crippen LogP contribution in [0.25, 0.3) is 0 Å². The predicted octanol–water partition coefficient (Wildman–Crippen LogP) is 2.54. The minimum absolute atomic E-state index is 0.0520. The molecule has 0 bridgehead atoms. The second-order valence-corrected chi connectivity index (χ2v) is 6.35. The van der Waals surface area contributed by atoms with Gasteiger partial charge >= 0.3 is 0 Å². The van der Waals surface area contributed by atoms with Gasteiger partial charge < -0.3 is 10.2 Å². The van der Waals surface area contributed by atoms with Crippen molar-refractivity contribution in [3.63, 3.8) is 0 Å². The van der Waals surface area contributed by atoms with Gasteiger partial charge in [0.25, 0.3) is 0 Å². The first-order valence-corrected chi connectivity index (χ1v) is 8.27. The number of hydrogen-bond donors (Lipinski definition) is 1. The molecule has 0 fully saturated rings. The summed E-state index contributed by atoms with van der Waals surface area (Å²) >= 11 is 0. The maximum Gasteiger partial charge on any atom is 0.234 e. The molecule has 0 saturated carbocycles. The van der Waals surface area contributed by atoms with Crippen molar-refractivity contribution in [3.05, 3.63) is 71.8 Å². The molecule has 1 amide bonds. The van der Waals surface area contributed by atoms with Gasteiger partial charge in [-0.15, -0.1) is 0 Å². The van der Waals surface area contributed by atoms with Crippen molar-refractivity contribution >= 4 is 5.91 Å². The quantitative estimate of drug-likeness (QED) is 0.810. The highest BCUT2D eigenvalue weighted by atomic mass is 16.2. The third-order valence-corrected chi connectivity index (χ3v) is 4.01. The van der Waals surface area contributed by atoms with Crippen LogP contribution in [-0.2, 0) is 11.3 Å². The van der Waals surface area contributed by atoms with E-state index in [-0.39, 0.29) is 11.9 Å². The van der Waals surface area contributed by atoms with Gasteiger partial charge in [0.2, 0.25) is 5.91 Å². The van der Waals surface area contributed by atoms with Crippen LogP contribution in [0.5, 0.6) is 0 Å². The minimum atomic E-state index is 0.0520. The maximum absolute atomic E-state index is 12.2. The average molecular weight is 325 g/mol. The summed E-state index contributed by atoms with van der Waals surface area (Å²) in [7, 11) is 6.03. The topological polar surface area (TPSA) is 35.6 Å². The molecule has 0 aromatic heterocycles. The maximum atomic E-state index is 12.2. The molecule has 0 spiro atoms. The zero-order chi connectivity index (χ0) is 17.4. The molecule has 0 aliphatic heterocycles. The first-order chi connectivity index (χ1) is 11.6. The summed E-state index contributed by atoms with van der Waals surface area (Å²) in [5.41, 5.74) is 2.42. The molecule has 4 nitrogen and oxygen atoms in total. The van der Waals surface area contributed by atoms with Gasteiger partial charge in [0, 0.05) is 13.1 Å². The Labute approximate surface area is 145 Å². The highest BCUT2D eigenvalue weighted by Gasteiger charge is 2.15. The van der Waals surface area contributed by atoms with Crippen LogP contribution >= 0.6 is 0 Å². The second-order valence-electron chi connectivity index (χ2n) is 6.35. The summed E-state index contributed by atoms with van der Waals surface area (Å²) in [5, 5.41) is 3.06. The number of nitrogens with zero attached hydrogens (tertiary/aromatic N) is 2. The van der Waals surface area contributed by atoms with Crippen LogP contribution in [0, 0.1) is 0 Å². The largest absolute Gasteiger partial charge is 0.353 e. The molecule has 0 saturated heterocycles. The number of hydrogen-bond acceptors (Lipinski definition) is 3. The van der Waals surface area contributed by atoms with E-state index in [9.17, 15) is 4.79 Å². The number of benzene rings is 2. The lowest BCUT2D eigenvalue weighted by molar-refractivity contribution is -0.122. The standard InChI is InChI=1S/C20H27N3O/c1-22(2)19(18-12-8-5-9-13-18)14-21-20(24)16-23(3)15-17-10-6-4-7-11-17/h4-13,19H,14-16H2,1-3H3,(H,21,24). The Hall–Kier alpha value is -2.17. The summed E-state index contributed by atoms with van der Waals surface area (Å²) in [5.74, 6) is 0.0520. The fourth-order valence-corrected chi connectivity index (χ4v) is 2.74. The van der Waals surface area contributed by atoms with Gasteiger partial charge in [-0.1, -0.05) is 60.7 Å². The van der Waals surface area contributed by atoms with E-state index in [1.807, 2.05) is 62.4 Å². The first-order valence-electron chi connectivity index (χ1n) is 8.27. The smallest absolute Gasteiger partial charge is 0.234 e. The molecule has 0 heterocycles.